The predicted molar refractivity (Wildman–Crippen MR) is 118 cm³/mol. The summed E-state index contributed by atoms with van der Waals surface area (Å²) in [5.41, 5.74) is 1.44. The van der Waals surface area contributed by atoms with Crippen molar-refractivity contribution in [1.82, 2.24) is 10.2 Å². The van der Waals surface area contributed by atoms with Gasteiger partial charge in [-0.1, -0.05) is 54.6 Å². The van der Waals surface area contributed by atoms with E-state index in [9.17, 15) is 0 Å². The maximum Gasteiger partial charge on any atom is 0.0389 e. The third-order valence-electron chi connectivity index (χ3n) is 5.14. The highest BCUT2D eigenvalue weighted by atomic mass is 35.5. The van der Waals surface area contributed by atoms with E-state index in [2.05, 4.69) is 77.5 Å². The fraction of sp³-hybridized carbons (Fsp3) is 0.273. The monoisotopic (exact) mass is 388 g/mol. The average Bonchev–Trinajstić information content (AvgIpc) is 2.66. The summed E-state index contributed by atoms with van der Waals surface area (Å²) in [5.74, 6) is 0. The second-order valence-corrected chi connectivity index (χ2v) is 6.56. The van der Waals surface area contributed by atoms with E-state index < -0.39 is 0 Å². The molecule has 1 aliphatic heterocycles. The maximum absolute atomic E-state index is 4.02. The van der Waals surface area contributed by atoms with Crippen molar-refractivity contribution < 1.29 is 0 Å². The minimum absolute atomic E-state index is 0. The zero-order valence-corrected chi connectivity index (χ0v) is 16.5. The van der Waals surface area contributed by atoms with Crippen molar-refractivity contribution >= 4 is 46.4 Å². The Balaban J connectivity index is 0.00000121. The van der Waals surface area contributed by atoms with Gasteiger partial charge in [0.15, 0.2) is 0 Å². The van der Waals surface area contributed by atoms with Gasteiger partial charge in [0.2, 0.25) is 0 Å². The summed E-state index contributed by atoms with van der Waals surface area (Å²) in [5, 5.41) is 8.87. The van der Waals surface area contributed by atoms with Gasteiger partial charge in [-0.25, -0.2) is 0 Å². The molecule has 0 amide bonds. The Morgan fingerprint density at radius 1 is 0.923 bits per heavy atom. The molecule has 0 spiro atoms. The smallest absolute Gasteiger partial charge is 0.0389 e. The molecular weight excluding hydrogens is 363 g/mol. The van der Waals surface area contributed by atoms with Crippen molar-refractivity contribution in [2.45, 2.75) is 12.5 Å². The van der Waals surface area contributed by atoms with Crippen LogP contribution in [-0.2, 0) is 0 Å². The van der Waals surface area contributed by atoms with Gasteiger partial charge in [-0.15, -0.1) is 31.4 Å². The van der Waals surface area contributed by atoms with Crippen molar-refractivity contribution in [2.24, 2.45) is 0 Å². The number of nitrogens with zero attached hydrogens (tertiary/aromatic N) is 1. The van der Waals surface area contributed by atoms with Crippen LogP contribution in [0, 0.1) is 0 Å². The normalized spacial score (nSPS) is 15.8. The molecule has 138 valence electrons. The van der Waals surface area contributed by atoms with Gasteiger partial charge in [0, 0.05) is 32.2 Å². The van der Waals surface area contributed by atoms with E-state index in [1.54, 1.807) is 0 Å². The zero-order valence-electron chi connectivity index (χ0n) is 14.9. The Bertz CT molecular complexity index is 872. The number of hydrogen-bond donors (Lipinski definition) is 1. The largest absolute Gasteiger partial charge is 0.314 e. The molecule has 0 aromatic heterocycles. The summed E-state index contributed by atoms with van der Waals surface area (Å²) in [6.07, 6.45) is 3.05. The van der Waals surface area contributed by atoms with Crippen molar-refractivity contribution in [1.29, 1.82) is 0 Å². The highest BCUT2D eigenvalue weighted by molar-refractivity contribution is 6.09. The van der Waals surface area contributed by atoms with E-state index in [-0.39, 0.29) is 24.8 Å². The van der Waals surface area contributed by atoms with Crippen LogP contribution < -0.4 is 5.32 Å². The minimum Gasteiger partial charge on any atom is -0.314 e. The summed E-state index contributed by atoms with van der Waals surface area (Å²) < 4.78 is 0. The van der Waals surface area contributed by atoms with Crippen LogP contribution in [0.3, 0.4) is 0 Å². The highest BCUT2D eigenvalue weighted by Crippen LogP contribution is 2.35. The van der Waals surface area contributed by atoms with Crippen LogP contribution in [0.25, 0.3) is 21.5 Å². The highest BCUT2D eigenvalue weighted by Gasteiger charge is 2.23. The molecule has 1 aliphatic rings. The lowest BCUT2D eigenvalue weighted by Crippen LogP contribution is -2.45. The molecule has 0 unspecified atom stereocenters. The van der Waals surface area contributed by atoms with E-state index in [1.165, 1.54) is 27.1 Å². The van der Waals surface area contributed by atoms with Crippen LogP contribution in [0.15, 0.2) is 67.3 Å². The van der Waals surface area contributed by atoms with E-state index in [0.717, 1.165) is 32.6 Å². The molecule has 1 atom stereocenters. The van der Waals surface area contributed by atoms with Gasteiger partial charge >= 0.3 is 0 Å². The standard InChI is InChI=1S/C22H24N2.2ClH/c1-2-7-22(24-14-12-23-13-15-24)21-16-17-8-3-4-9-18(17)19-10-5-6-11-20(19)21;;/h2-6,8-11,16,22-23H,1,7,12-15H2;2*1H/t22-;;/m1../s1. The van der Waals surface area contributed by atoms with Crippen LogP contribution in [0.2, 0.25) is 0 Å². The average molecular weight is 389 g/mol. The van der Waals surface area contributed by atoms with Crippen molar-refractivity contribution in [3.05, 3.63) is 72.8 Å². The van der Waals surface area contributed by atoms with Crippen LogP contribution in [0.5, 0.6) is 0 Å². The van der Waals surface area contributed by atoms with Crippen molar-refractivity contribution in [2.75, 3.05) is 26.2 Å². The molecule has 3 aromatic rings. The molecule has 4 heteroatoms. The van der Waals surface area contributed by atoms with Gasteiger partial charge in [0.25, 0.3) is 0 Å². The van der Waals surface area contributed by atoms with Gasteiger partial charge < -0.3 is 5.32 Å². The number of fused-ring (bicyclic) bond motifs is 3. The SMILES string of the molecule is C=CC[C@H](c1cc2ccccc2c2ccccc12)N1CCNCC1.Cl.Cl. The minimum atomic E-state index is 0. The number of hydrogen-bond acceptors (Lipinski definition) is 2. The first kappa shape index (κ1) is 20.7. The molecule has 1 heterocycles. The van der Waals surface area contributed by atoms with E-state index in [0.29, 0.717) is 6.04 Å². The molecule has 2 nitrogen and oxygen atoms in total. The van der Waals surface area contributed by atoms with E-state index >= 15 is 0 Å². The lowest BCUT2D eigenvalue weighted by atomic mass is 9.91. The molecule has 1 N–H and O–H groups in total. The Kier molecular flexibility index (Phi) is 7.48. The summed E-state index contributed by atoms with van der Waals surface area (Å²) >= 11 is 0. The van der Waals surface area contributed by atoms with Crippen LogP contribution in [0.4, 0.5) is 0 Å². The second kappa shape index (κ2) is 9.38. The third kappa shape index (κ3) is 3.89. The number of halogens is 2. The Morgan fingerprint density at radius 2 is 1.54 bits per heavy atom. The zero-order chi connectivity index (χ0) is 16.4. The molecule has 4 rings (SSSR count). The summed E-state index contributed by atoms with van der Waals surface area (Å²) in [7, 11) is 0. The lowest BCUT2D eigenvalue weighted by Gasteiger charge is -2.35. The third-order valence-corrected chi connectivity index (χ3v) is 5.14. The molecule has 1 saturated heterocycles. The first-order valence-electron chi connectivity index (χ1n) is 8.84. The topological polar surface area (TPSA) is 15.3 Å². The van der Waals surface area contributed by atoms with Gasteiger partial charge in [0.1, 0.15) is 0 Å². The van der Waals surface area contributed by atoms with E-state index in [4.69, 9.17) is 0 Å². The summed E-state index contributed by atoms with van der Waals surface area (Å²) in [4.78, 5) is 2.61. The number of rotatable bonds is 4. The maximum atomic E-state index is 4.02. The fourth-order valence-corrected chi connectivity index (χ4v) is 3.98. The van der Waals surface area contributed by atoms with Crippen LogP contribution in [-0.4, -0.2) is 31.1 Å². The number of piperazine rings is 1. The van der Waals surface area contributed by atoms with Gasteiger partial charge in [-0.05, 0) is 39.6 Å². The first-order valence-corrected chi connectivity index (χ1v) is 8.84. The Labute approximate surface area is 168 Å². The number of benzene rings is 3. The van der Waals surface area contributed by atoms with Gasteiger partial charge in [-0.2, -0.15) is 0 Å². The molecule has 0 saturated carbocycles. The molecule has 0 radical (unpaired) electrons. The van der Waals surface area contributed by atoms with Crippen LogP contribution >= 0.6 is 24.8 Å². The molecular formula is C22H26Cl2N2. The van der Waals surface area contributed by atoms with Gasteiger partial charge in [-0.3, -0.25) is 4.90 Å². The molecule has 3 aromatic carbocycles. The van der Waals surface area contributed by atoms with E-state index in [1.807, 2.05) is 0 Å². The molecule has 1 fully saturated rings. The molecule has 0 aliphatic carbocycles. The Morgan fingerprint density at radius 3 is 2.23 bits per heavy atom. The molecule has 26 heavy (non-hydrogen) atoms. The van der Waals surface area contributed by atoms with Crippen molar-refractivity contribution in [3.63, 3.8) is 0 Å². The first-order chi connectivity index (χ1) is 11.9. The summed E-state index contributed by atoms with van der Waals surface area (Å²) in [6.45, 7) is 8.35. The van der Waals surface area contributed by atoms with Gasteiger partial charge in [0.05, 0.1) is 0 Å². The predicted octanol–water partition coefficient (Wildman–Crippen LogP) is 5.36. The fourth-order valence-electron chi connectivity index (χ4n) is 3.98. The second-order valence-electron chi connectivity index (χ2n) is 6.56. The van der Waals surface area contributed by atoms with Crippen LogP contribution in [0.1, 0.15) is 18.0 Å². The lowest BCUT2D eigenvalue weighted by molar-refractivity contribution is 0.175. The van der Waals surface area contributed by atoms with Crippen molar-refractivity contribution in [3.8, 4) is 0 Å². The quantitative estimate of drug-likeness (QED) is 0.477. The number of nitrogens with one attached hydrogen (secondary N) is 1. The molecule has 0 bridgehead atoms. The Hall–Kier alpha value is -1.58. The summed E-state index contributed by atoms with van der Waals surface area (Å²) in [6, 6.07) is 20.4.